The number of aryl methyl sites for hydroxylation is 2. The van der Waals surface area contributed by atoms with Gasteiger partial charge in [-0.2, -0.15) is 0 Å². The van der Waals surface area contributed by atoms with Crippen LogP contribution in [0.3, 0.4) is 0 Å². The number of aromatic nitrogens is 2. The highest BCUT2D eigenvalue weighted by Crippen LogP contribution is 2.40. The molecule has 158 valence electrons. The molecule has 1 N–H and O–H groups in total. The van der Waals surface area contributed by atoms with Crippen molar-refractivity contribution in [3.05, 3.63) is 59.2 Å². The van der Waals surface area contributed by atoms with Crippen molar-refractivity contribution in [2.45, 2.75) is 76.9 Å². The molecule has 4 rings (SSSR count). The second-order valence-corrected chi connectivity index (χ2v) is 8.90. The summed E-state index contributed by atoms with van der Waals surface area (Å²) < 4.78 is 0. The smallest absolute Gasteiger partial charge is 0.257 e. The zero-order chi connectivity index (χ0) is 21.3. The van der Waals surface area contributed by atoms with Crippen molar-refractivity contribution in [2.75, 3.05) is 0 Å². The summed E-state index contributed by atoms with van der Waals surface area (Å²) in [6, 6.07) is 10.2. The zero-order valence-corrected chi connectivity index (χ0v) is 18.0. The molecule has 2 aromatic rings. The summed E-state index contributed by atoms with van der Waals surface area (Å²) in [5.41, 5.74) is 2.03. The Morgan fingerprint density at radius 3 is 2.73 bits per heavy atom. The number of hydrogen-bond donors (Lipinski definition) is 1. The average Bonchev–Trinajstić information content (AvgIpc) is 2.94. The van der Waals surface area contributed by atoms with Crippen LogP contribution in [0.15, 0.2) is 36.5 Å². The minimum absolute atomic E-state index is 0.00834. The van der Waals surface area contributed by atoms with Crippen LogP contribution in [0.2, 0.25) is 0 Å². The van der Waals surface area contributed by atoms with Gasteiger partial charge in [0.25, 0.3) is 5.91 Å². The molecule has 2 aliphatic heterocycles. The van der Waals surface area contributed by atoms with Crippen LogP contribution in [0.1, 0.15) is 66.5 Å². The van der Waals surface area contributed by atoms with E-state index in [-0.39, 0.29) is 23.9 Å². The van der Waals surface area contributed by atoms with Crippen LogP contribution in [-0.4, -0.2) is 44.3 Å². The molecule has 0 spiro atoms. The van der Waals surface area contributed by atoms with Gasteiger partial charge in [0.2, 0.25) is 5.91 Å². The van der Waals surface area contributed by atoms with E-state index >= 15 is 0 Å². The molecule has 2 fully saturated rings. The fraction of sp³-hybridized carbons (Fsp3) is 0.500. The Hall–Kier alpha value is -2.76. The van der Waals surface area contributed by atoms with E-state index in [1.165, 1.54) is 5.56 Å². The Kier molecular flexibility index (Phi) is 5.58. The van der Waals surface area contributed by atoms with Gasteiger partial charge in [-0.1, -0.05) is 36.8 Å². The lowest BCUT2D eigenvalue weighted by molar-refractivity contribution is -0.123. The summed E-state index contributed by atoms with van der Waals surface area (Å²) in [6.07, 6.45) is 6.41. The fourth-order valence-corrected chi connectivity index (χ4v) is 5.18. The van der Waals surface area contributed by atoms with E-state index in [1.807, 2.05) is 36.9 Å². The number of likely N-dealkylation sites (tertiary alicyclic amines) is 1. The molecule has 1 aromatic heterocycles. The molecular weight excluding hydrogens is 376 g/mol. The number of carbonyl (C=O) groups excluding carboxylic acids is 2. The lowest BCUT2D eigenvalue weighted by Crippen LogP contribution is -2.56. The van der Waals surface area contributed by atoms with Crippen molar-refractivity contribution < 1.29 is 9.59 Å². The van der Waals surface area contributed by atoms with Gasteiger partial charge in [0.1, 0.15) is 5.82 Å². The molecule has 2 saturated heterocycles. The van der Waals surface area contributed by atoms with E-state index in [0.717, 1.165) is 32.1 Å². The topological polar surface area (TPSA) is 75.2 Å². The van der Waals surface area contributed by atoms with Gasteiger partial charge in [-0.05, 0) is 52.0 Å². The third-order valence-electron chi connectivity index (χ3n) is 6.56. The van der Waals surface area contributed by atoms with Crippen molar-refractivity contribution in [1.29, 1.82) is 0 Å². The predicted molar refractivity (Wildman–Crippen MR) is 115 cm³/mol. The van der Waals surface area contributed by atoms with E-state index in [2.05, 4.69) is 34.3 Å². The number of amides is 2. The van der Waals surface area contributed by atoms with Crippen molar-refractivity contribution in [1.82, 2.24) is 20.2 Å². The Bertz CT molecular complexity index is 945. The van der Waals surface area contributed by atoms with Crippen molar-refractivity contribution in [3.8, 4) is 0 Å². The van der Waals surface area contributed by atoms with Crippen LogP contribution in [0.5, 0.6) is 0 Å². The summed E-state index contributed by atoms with van der Waals surface area (Å²) in [5.74, 6) is 0.719. The minimum Gasteiger partial charge on any atom is -0.349 e. The third kappa shape index (κ3) is 3.95. The Morgan fingerprint density at radius 1 is 1.23 bits per heavy atom. The Morgan fingerprint density at radius 2 is 2.00 bits per heavy atom. The quantitative estimate of drug-likeness (QED) is 0.848. The van der Waals surface area contributed by atoms with Gasteiger partial charge in [-0.3, -0.25) is 9.59 Å². The molecule has 0 saturated carbocycles. The second kappa shape index (κ2) is 8.17. The van der Waals surface area contributed by atoms with Crippen molar-refractivity contribution >= 4 is 11.8 Å². The van der Waals surface area contributed by atoms with Crippen LogP contribution in [-0.2, 0) is 11.2 Å². The van der Waals surface area contributed by atoms with Crippen LogP contribution in [0.25, 0.3) is 0 Å². The van der Waals surface area contributed by atoms with Crippen LogP contribution < -0.4 is 5.32 Å². The van der Waals surface area contributed by atoms with Crippen molar-refractivity contribution in [3.63, 3.8) is 0 Å². The largest absolute Gasteiger partial charge is 0.349 e. The second-order valence-electron chi connectivity index (χ2n) is 8.90. The fourth-order valence-electron chi connectivity index (χ4n) is 5.18. The number of fused-ring (bicyclic) bond motifs is 1. The molecule has 3 heterocycles. The highest BCUT2D eigenvalue weighted by Gasteiger charge is 2.52. The number of benzene rings is 1. The summed E-state index contributed by atoms with van der Waals surface area (Å²) in [5, 5.41) is 3.27. The van der Waals surface area contributed by atoms with Crippen molar-refractivity contribution in [2.24, 2.45) is 0 Å². The SMILES string of the molecule is Cc1ncc(C(=O)N2[C@H](Cc3ccccc3)C[C@]3(C)NC(=O)CCCC[C@H]23)c(C)n1. The molecule has 0 unspecified atom stereocenters. The van der Waals surface area contributed by atoms with Crippen LogP contribution in [0, 0.1) is 13.8 Å². The molecule has 2 amide bonds. The summed E-state index contributed by atoms with van der Waals surface area (Å²) >= 11 is 0. The minimum atomic E-state index is -0.425. The molecule has 0 bridgehead atoms. The van der Waals surface area contributed by atoms with Gasteiger partial charge in [0, 0.05) is 18.7 Å². The third-order valence-corrected chi connectivity index (χ3v) is 6.56. The van der Waals surface area contributed by atoms with Gasteiger partial charge in [0.05, 0.1) is 22.8 Å². The molecule has 0 aliphatic carbocycles. The maximum Gasteiger partial charge on any atom is 0.257 e. The zero-order valence-electron chi connectivity index (χ0n) is 18.0. The molecule has 6 heteroatoms. The highest BCUT2D eigenvalue weighted by atomic mass is 16.2. The van der Waals surface area contributed by atoms with Crippen LogP contribution >= 0.6 is 0 Å². The van der Waals surface area contributed by atoms with Gasteiger partial charge >= 0.3 is 0 Å². The standard InChI is InChI=1S/C24H30N4O2/c1-16-20(15-25-17(2)26-16)23(30)28-19(13-18-9-5-4-6-10-18)14-24(3)21(28)11-7-8-12-22(29)27-24/h4-6,9-10,15,19,21H,7-8,11-14H2,1-3H3,(H,27,29)/t19-,21+,24+/m1/s1. The molecule has 1 aromatic carbocycles. The number of hydrogen-bond acceptors (Lipinski definition) is 4. The number of nitrogens with one attached hydrogen (secondary N) is 1. The predicted octanol–water partition coefficient (Wildman–Crippen LogP) is 3.37. The molecule has 3 atom stereocenters. The summed E-state index contributed by atoms with van der Waals surface area (Å²) in [6.45, 7) is 5.80. The first-order valence-electron chi connectivity index (χ1n) is 10.9. The van der Waals surface area contributed by atoms with Gasteiger partial charge in [-0.25, -0.2) is 9.97 Å². The van der Waals surface area contributed by atoms with E-state index in [4.69, 9.17) is 0 Å². The summed E-state index contributed by atoms with van der Waals surface area (Å²) in [4.78, 5) is 37.0. The van der Waals surface area contributed by atoms with Gasteiger partial charge in [0.15, 0.2) is 0 Å². The van der Waals surface area contributed by atoms with Crippen LogP contribution in [0.4, 0.5) is 0 Å². The molecule has 30 heavy (non-hydrogen) atoms. The maximum atomic E-state index is 13.8. The monoisotopic (exact) mass is 406 g/mol. The summed E-state index contributed by atoms with van der Waals surface area (Å²) in [7, 11) is 0. The molecule has 6 nitrogen and oxygen atoms in total. The molecule has 0 radical (unpaired) electrons. The lowest BCUT2D eigenvalue weighted by Gasteiger charge is -2.38. The number of carbonyl (C=O) groups is 2. The number of rotatable bonds is 3. The first-order chi connectivity index (χ1) is 14.4. The van der Waals surface area contributed by atoms with E-state index in [1.54, 1.807) is 6.20 Å². The first-order valence-corrected chi connectivity index (χ1v) is 10.9. The molecule has 2 aliphatic rings. The maximum absolute atomic E-state index is 13.8. The number of nitrogens with zero attached hydrogens (tertiary/aromatic N) is 3. The first kappa shape index (κ1) is 20.5. The normalized spacial score (nSPS) is 26.5. The molecular formula is C24H30N4O2. The van der Waals surface area contributed by atoms with E-state index in [0.29, 0.717) is 23.5 Å². The van der Waals surface area contributed by atoms with E-state index < -0.39 is 5.54 Å². The van der Waals surface area contributed by atoms with Gasteiger partial charge < -0.3 is 10.2 Å². The Labute approximate surface area is 178 Å². The van der Waals surface area contributed by atoms with Gasteiger partial charge in [-0.15, -0.1) is 0 Å². The Balaban J connectivity index is 1.73. The highest BCUT2D eigenvalue weighted by molar-refractivity contribution is 5.96. The lowest BCUT2D eigenvalue weighted by atomic mass is 9.85. The van der Waals surface area contributed by atoms with E-state index in [9.17, 15) is 9.59 Å². The average molecular weight is 407 g/mol.